The van der Waals surface area contributed by atoms with Crippen molar-refractivity contribution in [1.29, 1.82) is 0 Å². The molecule has 1 aliphatic heterocycles. The standard InChI is InChI=1S/C13H15BrN2O/c14-9-11-10-5-1-2-6-12(10)16(15-11)13-7-3-4-8-17-13/h1-2,5-6,13H,3-4,7-9H2. The smallest absolute Gasteiger partial charge is 0.150 e. The fourth-order valence-corrected chi connectivity index (χ4v) is 2.80. The normalized spacial score (nSPS) is 20.9. The summed E-state index contributed by atoms with van der Waals surface area (Å²) in [5.74, 6) is 0. The number of hydrogen-bond donors (Lipinski definition) is 0. The van der Waals surface area contributed by atoms with E-state index in [4.69, 9.17) is 4.74 Å². The van der Waals surface area contributed by atoms with E-state index in [1.54, 1.807) is 0 Å². The Labute approximate surface area is 109 Å². The molecule has 0 N–H and O–H groups in total. The van der Waals surface area contributed by atoms with Gasteiger partial charge in [-0.25, -0.2) is 4.68 Å². The maximum atomic E-state index is 5.82. The molecule has 17 heavy (non-hydrogen) atoms. The molecule has 2 aromatic rings. The third-order valence-electron chi connectivity index (χ3n) is 3.25. The van der Waals surface area contributed by atoms with Crippen molar-refractivity contribution >= 4 is 26.8 Å². The van der Waals surface area contributed by atoms with E-state index >= 15 is 0 Å². The molecule has 1 aromatic heterocycles. The summed E-state index contributed by atoms with van der Waals surface area (Å²) < 4.78 is 7.86. The molecule has 1 aromatic carbocycles. The Morgan fingerprint density at radius 1 is 1.35 bits per heavy atom. The van der Waals surface area contributed by atoms with Gasteiger partial charge in [-0.2, -0.15) is 5.10 Å². The van der Waals surface area contributed by atoms with Gasteiger partial charge in [-0.3, -0.25) is 0 Å². The maximum Gasteiger partial charge on any atom is 0.150 e. The maximum absolute atomic E-state index is 5.82. The number of alkyl halides is 1. The van der Waals surface area contributed by atoms with Crippen molar-refractivity contribution in [3.05, 3.63) is 30.0 Å². The van der Waals surface area contributed by atoms with Gasteiger partial charge in [-0.05, 0) is 25.3 Å². The predicted octanol–water partition coefficient (Wildman–Crippen LogP) is 3.63. The van der Waals surface area contributed by atoms with Gasteiger partial charge in [-0.1, -0.05) is 34.1 Å². The van der Waals surface area contributed by atoms with Crippen LogP contribution in [0.4, 0.5) is 0 Å². The van der Waals surface area contributed by atoms with Gasteiger partial charge >= 0.3 is 0 Å². The van der Waals surface area contributed by atoms with Crippen LogP contribution >= 0.6 is 15.9 Å². The number of para-hydroxylation sites is 1. The van der Waals surface area contributed by atoms with Gasteiger partial charge in [0.2, 0.25) is 0 Å². The summed E-state index contributed by atoms with van der Waals surface area (Å²) in [5.41, 5.74) is 2.27. The Morgan fingerprint density at radius 3 is 3.00 bits per heavy atom. The molecule has 2 heterocycles. The van der Waals surface area contributed by atoms with Crippen molar-refractivity contribution in [2.45, 2.75) is 30.8 Å². The monoisotopic (exact) mass is 294 g/mol. The molecule has 3 nitrogen and oxygen atoms in total. The summed E-state index contributed by atoms with van der Waals surface area (Å²) in [7, 11) is 0. The molecule has 1 atom stereocenters. The zero-order chi connectivity index (χ0) is 11.7. The minimum absolute atomic E-state index is 0.112. The highest BCUT2D eigenvalue weighted by atomic mass is 79.9. The van der Waals surface area contributed by atoms with Gasteiger partial charge in [0.1, 0.15) is 0 Å². The highest BCUT2D eigenvalue weighted by Crippen LogP contribution is 2.28. The largest absolute Gasteiger partial charge is 0.356 e. The van der Waals surface area contributed by atoms with Crippen LogP contribution in [0.15, 0.2) is 24.3 Å². The van der Waals surface area contributed by atoms with E-state index in [1.165, 1.54) is 23.7 Å². The number of nitrogens with zero attached hydrogens (tertiary/aromatic N) is 2. The lowest BCUT2D eigenvalue weighted by Gasteiger charge is -2.23. The molecule has 0 saturated carbocycles. The zero-order valence-corrected chi connectivity index (χ0v) is 11.2. The van der Waals surface area contributed by atoms with E-state index in [9.17, 15) is 0 Å². The minimum atomic E-state index is 0.112. The first-order chi connectivity index (χ1) is 8.40. The Morgan fingerprint density at radius 2 is 2.24 bits per heavy atom. The summed E-state index contributed by atoms with van der Waals surface area (Å²) in [5, 5.41) is 6.68. The Kier molecular flexibility index (Phi) is 3.16. The Bertz CT molecular complexity index is 517. The van der Waals surface area contributed by atoms with E-state index < -0.39 is 0 Å². The topological polar surface area (TPSA) is 27.1 Å². The summed E-state index contributed by atoms with van der Waals surface area (Å²) >= 11 is 3.50. The molecule has 1 unspecified atom stereocenters. The lowest BCUT2D eigenvalue weighted by atomic mass is 10.2. The lowest BCUT2D eigenvalue weighted by molar-refractivity contribution is -0.0368. The fraction of sp³-hybridized carbons (Fsp3) is 0.462. The van der Waals surface area contributed by atoms with E-state index in [2.05, 4.69) is 45.3 Å². The molecule has 4 heteroatoms. The van der Waals surface area contributed by atoms with Crippen molar-refractivity contribution in [2.75, 3.05) is 6.61 Å². The van der Waals surface area contributed by atoms with Crippen molar-refractivity contribution in [1.82, 2.24) is 9.78 Å². The third-order valence-corrected chi connectivity index (χ3v) is 3.78. The first-order valence-corrected chi connectivity index (χ1v) is 7.16. The van der Waals surface area contributed by atoms with Gasteiger partial charge in [0.15, 0.2) is 6.23 Å². The molecule has 0 bridgehead atoms. The lowest BCUT2D eigenvalue weighted by Crippen LogP contribution is -2.19. The number of halogens is 1. The minimum Gasteiger partial charge on any atom is -0.356 e. The predicted molar refractivity (Wildman–Crippen MR) is 71.2 cm³/mol. The molecular weight excluding hydrogens is 280 g/mol. The van der Waals surface area contributed by atoms with E-state index in [0.717, 1.165) is 24.1 Å². The van der Waals surface area contributed by atoms with Crippen LogP contribution < -0.4 is 0 Å². The second kappa shape index (κ2) is 4.78. The van der Waals surface area contributed by atoms with Gasteiger partial charge in [0, 0.05) is 17.3 Å². The molecule has 90 valence electrons. The number of aromatic nitrogens is 2. The van der Waals surface area contributed by atoms with Crippen LogP contribution in [-0.4, -0.2) is 16.4 Å². The molecule has 1 aliphatic rings. The van der Waals surface area contributed by atoms with Crippen LogP contribution in [-0.2, 0) is 10.1 Å². The van der Waals surface area contributed by atoms with E-state index in [1.807, 2.05) is 4.68 Å². The number of fused-ring (bicyclic) bond motifs is 1. The highest BCUT2D eigenvalue weighted by Gasteiger charge is 2.20. The fourth-order valence-electron chi connectivity index (χ4n) is 2.39. The van der Waals surface area contributed by atoms with Gasteiger partial charge in [0.05, 0.1) is 11.2 Å². The van der Waals surface area contributed by atoms with Crippen LogP contribution in [0.1, 0.15) is 31.2 Å². The molecule has 0 aliphatic carbocycles. The van der Waals surface area contributed by atoms with Crippen molar-refractivity contribution in [3.63, 3.8) is 0 Å². The average molecular weight is 295 g/mol. The molecule has 0 amide bonds. The first-order valence-electron chi connectivity index (χ1n) is 6.04. The van der Waals surface area contributed by atoms with Crippen molar-refractivity contribution < 1.29 is 4.74 Å². The summed E-state index contributed by atoms with van der Waals surface area (Å²) in [6.07, 6.45) is 3.57. The van der Waals surface area contributed by atoms with Crippen LogP contribution in [0.3, 0.4) is 0 Å². The number of hydrogen-bond acceptors (Lipinski definition) is 2. The SMILES string of the molecule is BrCc1nn(C2CCCCO2)c2ccccc12. The first kappa shape index (κ1) is 11.2. The quantitative estimate of drug-likeness (QED) is 0.791. The van der Waals surface area contributed by atoms with Crippen LogP contribution in [0.2, 0.25) is 0 Å². The molecular formula is C13H15BrN2O. The third kappa shape index (κ3) is 2.00. The number of rotatable bonds is 2. The molecule has 3 rings (SSSR count). The molecule has 0 spiro atoms. The second-order valence-electron chi connectivity index (χ2n) is 4.36. The highest BCUT2D eigenvalue weighted by molar-refractivity contribution is 9.08. The second-order valence-corrected chi connectivity index (χ2v) is 4.92. The van der Waals surface area contributed by atoms with Gasteiger partial charge in [-0.15, -0.1) is 0 Å². The van der Waals surface area contributed by atoms with Gasteiger partial charge < -0.3 is 4.74 Å². The van der Waals surface area contributed by atoms with Gasteiger partial charge in [0.25, 0.3) is 0 Å². The summed E-state index contributed by atoms with van der Waals surface area (Å²) in [6, 6.07) is 8.36. The van der Waals surface area contributed by atoms with E-state index in [-0.39, 0.29) is 6.23 Å². The summed E-state index contributed by atoms with van der Waals surface area (Å²) in [4.78, 5) is 0. The zero-order valence-electron chi connectivity index (χ0n) is 9.60. The van der Waals surface area contributed by atoms with E-state index in [0.29, 0.717) is 0 Å². The van der Waals surface area contributed by atoms with Crippen LogP contribution in [0.5, 0.6) is 0 Å². The Balaban J connectivity index is 2.08. The number of ether oxygens (including phenoxy) is 1. The molecule has 1 saturated heterocycles. The number of benzene rings is 1. The Hall–Kier alpha value is -0.870. The average Bonchev–Trinajstić information content (AvgIpc) is 2.78. The van der Waals surface area contributed by atoms with Crippen LogP contribution in [0.25, 0.3) is 10.9 Å². The van der Waals surface area contributed by atoms with Crippen molar-refractivity contribution in [3.8, 4) is 0 Å². The summed E-state index contributed by atoms with van der Waals surface area (Å²) in [6.45, 7) is 0.850. The van der Waals surface area contributed by atoms with Crippen LogP contribution in [0, 0.1) is 0 Å². The van der Waals surface area contributed by atoms with Crippen molar-refractivity contribution in [2.24, 2.45) is 0 Å². The molecule has 0 radical (unpaired) electrons. The molecule has 1 fully saturated rings.